The third kappa shape index (κ3) is 3.58. The summed E-state index contributed by atoms with van der Waals surface area (Å²) in [5, 5.41) is 11.3. The molecule has 1 atom stereocenters. The van der Waals surface area contributed by atoms with Gasteiger partial charge in [0, 0.05) is 17.2 Å². The molecular formula is C13H16ClNO4. The van der Waals surface area contributed by atoms with Crippen molar-refractivity contribution in [2.75, 3.05) is 6.61 Å². The lowest BCUT2D eigenvalue weighted by Gasteiger charge is -2.19. The molecule has 5 nitrogen and oxygen atoms in total. The minimum absolute atomic E-state index is 0.0337. The highest BCUT2D eigenvalue weighted by Gasteiger charge is 2.32. The van der Waals surface area contributed by atoms with Crippen LogP contribution in [0.1, 0.15) is 26.7 Å². The summed E-state index contributed by atoms with van der Waals surface area (Å²) in [6, 6.07) is 4.28. The van der Waals surface area contributed by atoms with Crippen molar-refractivity contribution in [1.82, 2.24) is 0 Å². The largest absolute Gasteiger partial charge is 0.484 e. The topological polar surface area (TPSA) is 61.6 Å². The number of hydrogen-bond acceptors (Lipinski definition) is 4. The molecule has 0 N–H and O–H groups in total. The molecule has 6 heteroatoms. The zero-order valence-corrected chi connectivity index (χ0v) is 11.6. The highest BCUT2D eigenvalue weighted by atomic mass is 35.5. The van der Waals surface area contributed by atoms with E-state index in [-0.39, 0.29) is 23.1 Å². The standard InChI is InChI=1S/C13H16ClNO4/c1-13(2)6-5-10(19-13)8-18-12-7-9(14)3-4-11(12)15(16)17/h3-4,7,10H,5-6,8H2,1-2H3. The van der Waals surface area contributed by atoms with E-state index in [1.165, 1.54) is 18.2 Å². The van der Waals surface area contributed by atoms with Crippen molar-refractivity contribution in [1.29, 1.82) is 0 Å². The molecule has 0 radical (unpaired) electrons. The van der Waals surface area contributed by atoms with Gasteiger partial charge in [-0.3, -0.25) is 10.1 Å². The molecule has 0 aliphatic carbocycles. The molecule has 1 heterocycles. The highest BCUT2D eigenvalue weighted by molar-refractivity contribution is 6.30. The smallest absolute Gasteiger partial charge is 0.311 e. The zero-order valence-electron chi connectivity index (χ0n) is 10.9. The maximum absolute atomic E-state index is 10.9. The Morgan fingerprint density at radius 3 is 2.89 bits per heavy atom. The number of hydrogen-bond donors (Lipinski definition) is 0. The summed E-state index contributed by atoms with van der Waals surface area (Å²) in [4.78, 5) is 10.4. The predicted octanol–water partition coefficient (Wildman–Crippen LogP) is 3.58. The van der Waals surface area contributed by atoms with Gasteiger partial charge in [0.15, 0.2) is 5.75 Å². The maximum atomic E-state index is 10.9. The van der Waals surface area contributed by atoms with Crippen molar-refractivity contribution in [3.8, 4) is 5.75 Å². The molecule has 0 aromatic heterocycles. The minimum Gasteiger partial charge on any atom is -0.484 e. The molecular weight excluding hydrogens is 270 g/mol. The molecule has 0 saturated carbocycles. The molecule has 1 unspecified atom stereocenters. The van der Waals surface area contributed by atoms with E-state index in [0.29, 0.717) is 11.6 Å². The van der Waals surface area contributed by atoms with Crippen molar-refractivity contribution in [3.63, 3.8) is 0 Å². The van der Waals surface area contributed by atoms with Crippen LogP contribution in [0.15, 0.2) is 18.2 Å². The number of ether oxygens (including phenoxy) is 2. The van der Waals surface area contributed by atoms with Crippen LogP contribution < -0.4 is 4.74 Å². The average molecular weight is 286 g/mol. The number of rotatable bonds is 4. The number of nitro benzene ring substituents is 1. The van der Waals surface area contributed by atoms with Gasteiger partial charge in [-0.1, -0.05) is 11.6 Å². The fourth-order valence-corrected chi connectivity index (χ4v) is 2.29. The van der Waals surface area contributed by atoms with E-state index < -0.39 is 4.92 Å². The van der Waals surface area contributed by atoms with Crippen LogP contribution >= 0.6 is 11.6 Å². The van der Waals surface area contributed by atoms with Crippen molar-refractivity contribution >= 4 is 17.3 Å². The Hall–Kier alpha value is -1.33. The number of nitrogens with zero attached hydrogens (tertiary/aromatic N) is 1. The quantitative estimate of drug-likeness (QED) is 0.626. The summed E-state index contributed by atoms with van der Waals surface area (Å²) in [6.07, 6.45) is 1.81. The normalized spacial score (nSPS) is 21.3. The molecule has 1 fully saturated rings. The van der Waals surface area contributed by atoms with Gasteiger partial charge in [0.25, 0.3) is 0 Å². The molecule has 1 aromatic rings. The van der Waals surface area contributed by atoms with E-state index >= 15 is 0 Å². The first-order valence-corrected chi connectivity index (χ1v) is 6.50. The molecule has 0 bridgehead atoms. The van der Waals surface area contributed by atoms with Crippen molar-refractivity contribution in [3.05, 3.63) is 33.3 Å². The Balaban J connectivity index is 2.03. The van der Waals surface area contributed by atoms with E-state index in [1.54, 1.807) is 0 Å². The Morgan fingerprint density at radius 2 is 2.32 bits per heavy atom. The Kier molecular flexibility index (Phi) is 3.96. The van der Waals surface area contributed by atoms with Gasteiger partial charge < -0.3 is 9.47 Å². The number of halogens is 1. The molecule has 104 valence electrons. The van der Waals surface area contributed by atoms with Crippen LogP contribution in [-0.4, -0.2) is 23.2 Å². The Bertz CT molecular complexity index is 490. The van der Waals surface area contributed by atoms with E-state index in [2.05, 4.69) is 0 Å². The van der Waals surface area contributed by atoms with Crippen LogP contribution in [0, 0.1) is 10.1 Å². The van der Waals surface area contributed by atoms with Crippen molar-refractivity contribution in [2.24, 2.45) is 0 Å². The highest BCUT2D eigenvalue weighted by Crippen LogP contribution is 2.33. The monoisotopic (exact) mass is 285 g/mol. The first-order valence-electron chi connectivity index (χ1n) is 6.12. The average Bonchev–Trinajstić information content (AvgIpc) is 2.66. The Labute approximate surface area is 116 Å². The fraction of sp³-hybridized carbons (Fsp3) is 0.538. The molecule has 0 spiro atoms. The summed E-state index contributed by atoms with van der Waals surface area (Å²) < 4.78 is 11.3. The Morgan fingerprint density at radius 1 is 1.58 bits per heavy atom. The van der Waals surface area contributed by atoms with Gasteiger partial charge in [-0.25, -0.2) is 0 Å². The first-order chi connectivity index (χ1) is 8.87. The predicted molar refractivity (Wildman–Crippen MR) is 71.8 cm³/mol. The molecule has 0 amide bonds. The van der Waals surface area contributed by atoms with Crippen LogP contribution in [0.25, 0.3) is 0 Å². The van der Waals surface area contributed by atoms with E-state index in [9.17, 15) is 10.1 Å². The molecule has 1 aliphatic heterocycles. The van der Waals surface area contributed by atoms with Crippen molar-refractivity contribution in [2.45, 2.75) is 38.4 Å². The molecule has 19 heavy (non-hydrogen) atoms. The molecule has 1 aliphatic rings. The second-order valence-corrected chi connectivity index (χ2v) is 5.65. The first kappa shape index (κ1) is 14.1. The van der Waals surface area contributed by atoms with Gasteiger partial charge in [0.2, 0.25) is 0 Å². The lowest BCUT2D eigenvalue weighted by molar-refractivity contribution is -0.385. The summed E-state index contributed by atoms with van der Waals surface area (Å²) in [6.45, 7) is 4.34. The summed E-state index contributed by atoms with van der Waals surface area (Å²) in [5.41, 5.74) is -0.226. The third-order valence-corrected chi connectivity index (χ3v) is 3.33. The molecule has 2 rings (SSSR count). The van der Waals surface area contributed by atoms with Crippen LogP contribution in [-0.2, 0) is 4.74 Å². The molecule has 1 aromatic carbocycles. The van der Waals surface area contributed by atoms with Crippen LogP contribution in [0.2, 0.25) is 5.02 Å². The summed E-state index contributed by atoms with van der Waals surface area (Å²) in [5.74, 6) is 0.186. The van der Waals surface area contributed by atoms with Gasteiger partial charge in [-0.05, 0) is 32.8 Å². The second kappa shape index (κ2) is 5.35. The van der Waals surface area contributed by atoms with E-state index in [1.807, 2.05) is 13.8 Å². The van der Waals surface area contributed by atoms with Crippen LogP contribution in [0.5, 0.6) is 5.75 Å². The van der Waals surface area contributed by atoms with Gasteiger partial charge in [0.1, 0.15) is 6.61 Å². The summed E-state index contributed by atoms with van der Waals surface area (Å²) in [7, 11) is 0. The lowest BCUT2D eigenvalue weighted by atomic mass is 10.1. The number of benzene rings is 1. The molecule has 1 saturated heterocycles. The second-order valence-electron chi connectivity index (χ2n) is 5.22. The van der Waals surface area contributed by atoms with Gasteiger partial charge in [-0.15, -0.1) is 0 Å². The van der Waals surface area contributed by atoms with Crippen LogP contribution in [0.4, 0.5) is 5.69 Å². The zero-order chi connectivity index (χ0) is 14.0. The third-order valence-electron chi connectivity index (χ3n) is 3.10. The maximum Gasteiger partial charge on any atom is 0.311 e. The number of nitro groups is 1. The lowest BCUT2D eigenvalue weighted by Crippen LogP contribution is -2.24. The van der Waals surface area contributed by atoms with Gasteiger partial charge >= 0.3 is 5.69 Å². The van der Waals surface area contributed by atoms with Gasteiger partial charge in [-0.2, -0.15) is 0 Å². The van der Waals surface area contributed by atoms with Crippen molar-refractivity contribution < 1.29 is 14.4 Å². The van der Waals surface area contributed by atoms with Crippen LogP contribution in [0.3, 0.4) is 0 Å². The minimum atomic E-state index is -0.481. The van der Waals surface area contributed by atoms with Gasteiger partial charge in [0.05, 0.1) is 16.6 Å². The summed E-state index contributed by atoms with van der Waals surface area (Å²) >= 11 is 5.83. The van der Waals surface area contributed by atoms with E-state index in [4.69, 9.17) is 21.1 Å². The fourth-order valence-electron chi connectivity index (χ4n) is 2.13. The SMILES string of the molecule is CC1(C)CCC(COc2cc(Cl)ccc2[N+](=O)[O-])O1. The van der Waals surface area contributed by atoms with E-state index in [0.717, 1.165) is 12.8 Å².